The normalized spacial score (nSPS) is 12.9. The number of aryl methyl sites for hydroxylation is 1. The van der Waals surface area contributed by atoms with Crippen LogP contribution in [0.2, 0.25) is 0 Å². The molecule has 124 valence electrons. The Balaban J connectivity index is 2.15. The van der Waals surface area contributed by atoms with Gasteiger partial charge in [-0.15, -0.1) is 0 Å². The highest BCUT2D eigenvalue weighted by atomic mass is 32.2. The molecule has 0 bridgehead atoms. The third-order valence-corrected chi connectivity index (χ3v) is 5.20. The van der Waals surface area contributed by atoms with Crippen molar-refractivity contribution in [3.8, 4) is 5.75 Å². The fourth-order valence-electron chi connectivity index (χ4n) is 2.39. The quantitative estimate of drug-likeness (QED) is 0.881. The fourth-order valence-corrected chi connectivity index (χ4v) is 3.89. The van der Waals surface area contributed by atoms with Crippen molar-refractivity contribution < 1.29 is 17.5 Å². The second kappa shape index (κ2) is 7.10. The van der Waals surface area contributed by atoms with Crippen LogP contribution in [0.3, 0.4) is 0 Å². The van der Waals surface area contributed by atoms with E-state index in [4.69, 9.17) is 4.74 Å². The zero-order chi connectivity index (χ0) is 17.0. The predicted molar refractivity (Wildman–Crippen MR) is 87.6 cm³/mol. The molecule has 0 radical (unpaired) electrons. The Morgan fingerprint density at radius 1 is 1.22 bits per heavy atom. The van der Waals surface area contributed by atoms with Crippen LogP contribution in [0.25, 0.3) is 0 Å². The lowest BCUT2D eigenvalue weighted by Gasteiger charge is -2.16. The Morgan fingerprint density at radius 3 is 2.65 bits per heavy atom. The van der Waals surface area contributed by atoms with Gasteiger partial charge in [-0.05, 0) is 55.7 Å². The third kappa shape index (κ3) is 4.53. The zero-order valence-electron chi connectivity index (χ0n) is 13.3. The zero-order valence-corrected chi connectivity index (χ0v) is 14.2. The first-order chi connectivity index (χ1) is 10.8. The van der Waals surface area contributed by atoms with Crippen molar-refractivity contribution in [2.45, 2.75) is 31.2 Å². The van der Waals surface area contributed by atoms with Crippen LogP contribution in [-0.2, 0) is 16.4 Å². The average molecular weight is 337 g/mol. The molecule has 0 heterocycles. The topological polar surface area (TPSA) is 55.4 Å². The molecule has 1 atom stereocenters. The summed E-state index contributed by atoms with van der Waals surface area (Å²) in [7, 11) is -2.19. The van der Waals surface area contributed by atoms with Gasteiger partial charge in [0.15, 0.2) is 0 Å². The van der Waals surface area contributed by atoms with E-state index >= 15 is 0 Å². The summed E-state index contributed by atoms with van der Waals surface area (Å²) in [5.74, 6) is 0.148. The minimum absolute atomic E-state index is 0.0324. The van der Waals surface area contributed by atoms with Crippen LogP contribution in [0, 0.1) is 12.7 Å². The molecule has 0 aliphatic heterocycles. The van der Waals surface area contributed by atoms with E-state index in [1.165, 1.54) is 12.1 Å². The van der Waals surface area contributed by atoms with Crippen LogP contribution >= 0.6 is 0 Å². The maximum absolute atomic E-state index is 13.3. The lowest BCUT2D eigenvalue weighted by Crippen LogP contribution is -2.34. The molecule has 23 heavy (non-hydrogen) atoms. The van der Waals surface area contributed by atoms with Gasteiger partial charge in [-0.25, -0.2) is 17.5 Å². The van der Waals surface area contributed by atoms with E-state index < -0.39 is 15.8 Å². The van der Waals surface area contributed by atoms with E-state index in [1.54, 1.807) is 21.0 Å². The number of sulfonamides is 1. The number of rotatable bonds is 6. The van der Waals surface area contributed by atoms with Gasteiger partial charge in [0, 0.05) is 6.04 Å². The minimum atomic E-state index is -3.77. The SMILES string of the molecule is COc1cccc(CC(C)NS(=O)(=O)c2cc(F)ccc2C)c1. The van der Waals surface area contributed by atoms with Crippen LogP contribution < -0.4 is 9.46 Å². The van der Waals surface area contributed by atoms with Crippen molar-refractivity contribution >= 4 is 10.0 Å². The monoisotopic (exact) mass is 337 g/mol. The summed E-state index contributed by atoms with van der Waals surface area (Å²) in [6.45, 7) is 3.41. The number of nitrogens with one attached hydrogen (secondary N) is 1. The maximum Gasteiger partial charge on any atom is 0.241 e. The lowest BCUT2D eigenvalue weighted by atomic mass is 10.1. The van der Waals surface area contributed by atoms with Crippen LogP contribution in [0.15, 0.2) is 47.4 Å². The molecule has 0 fully saturated rings. The van der Waals surface area contributed by atoms with E-state index in [1.807, 2.05) is 24.3 Å². The molecule has 0 spiro atoms. The van der Waals surface area contributed by atoms with E-state index in [0.29, 0.717) is 12.0 Å². The number of ether oxygens (including phenoxy) is 1. The Bertz CT molecular complexity index is 790. The first kappa shape index (κ1) is 17.4. The van der Waals surface area contributed by atoms with Crippen LogP contribution in [0.5, 0.6) is 5.75 Å². The largest absolute Gasteiger partial charge is 0.497 e. The molecular formula is C17H20FNO3S. The summed E-state index contributed by atoms with van der Waals surface area (Å²) >= 11 is 0. The van der Waals surface area contributed by atoms with Gasteiger partial charge in [0.1, 0.15) is 11.6 Å². The smallest absolute Gasteiger partial charge is 0.241 e. The maximum atomic E-state index is 13.3. The number of hydrogen-bond acceptors (Lipinski definition) is 3. The van der Waals surface area contributed by atoms with Crippen molar-refractivity contribution in [1.29, 1.82) is 0 Å². The summed E-state index contributed by atoms with van der Waals surface area (Å²) in [5, 5.41) is 0. The molecule has 2 aromatic rings. The summed E-state index contributed by atoms with van der Waals surface area (Å²) < 4.78 is 45.9. The van der Waals surface area contributed by atoms with Gasteiger partial charge >= 0.3 is 0 Å². The average Bonchev–Trinajstić information content (AvgIpc) is 2.49. The van der Waals surface area contributed by atoms with E-state index in [-0.39, 0.29) is 10.9 Å². The standard InChI is InChI=1S/C17H20FNO3S/c1-12-7-8-15(18)11-17(12)23(20,21)19-13(2)9-14-5-4-6-16(10-14)22-3/h4-8,10-11,13,19H,9H2,1-3H3. The minimum Gasteiger partial charge on any atom is -0.497 e. The predicted octanol–water partition coefficient (Wildman–Crippen LogP) is 3.05. The molecule has 4 nitrogen and oxygen atoms in total. The van der Waals surface area contributed by atoms with Crippen molar-refractivity contribution in [3.05, 3.63) is 59.4 Å². The molecule has 0 aliphatic carbocycles. The van der Waals surface area contributed by atoms with Crippen molar-refractivity contribution in [3.63, 3.8) is 0 Å². The summed E-state index contributed by atoms with van der Waals surface area (Å²) in [6.07, 6.45) is 0.505. The first-order valence-corrected chi connectivity index (χ1v) is 8.71. The Morgan fingerprint density at radius 2 is 1.96 bits per heavy atom. The van der Waals surface area contributed by atoms with Crippen molar-refractivity contribution in [2.24, 2.45) is 0 Å². The fraction of sp³-hybridized carbons (Fsp3) is 0.294. The highest BCUT2D eigenvalue weighted by Gasteiger charge is 2.20. The molecule has 0 amide bonds. The van der Waals surface area contributed by atoms with Gasteiger partial charge < -0.3 is 4.74 Å². The van der Waals surface area contributed by atoms with Crippen LogP contribution in [0.4, 0.5) is 4.39 Å². The van der Waals surface area contributed by atoms with Gasteiger partial charge in [0.05, 0.1) is 12.0 Å². The molecule has 2 rings (SSSR count). The van der Waals surface area contributed by atoms with E-state index in [2.05, 4.69) is 4.72 Å². The van der Waals surface area contributed by atoms with E-state index in [0.717, 1.165) is 17.4 Å². The second-order valence-corrected chi connectivity index (χ2v) is 7.17. The molecule has 6 heteroatoms. The molecule has 2 aromatic carbocycles. The summed E-state index contributed by atoms with van der Waals surface area (Å²) in [4.78, 5) is -0.0324. The summed E-state index contributed by atoms with van der Waals surface area (Å²) in [6, 6.07) is 10.8. The Hall–Kier alpha value is -1.92. The molecule has 0 saturated carbocycles. The third-order valence-electron chi connectivity index (χ3n) is 3.47. The molecule has 1 N–H and O–H groups in total. The van der Waals surface area contributed by atoms with E-state index in [9.17, 15) is 12.8 Å². The number of benzene rings is 2. The molecule has 0 aromatic heterocycles. The molecule has 1 unspecified atom stereocenters. The van der Waals surface area contributed by atoms with Gasteiger partial charge in [-0.3, -0.25) is 0 Å². The van der Waals surface area contributed by atoms with Crippen molar-refractivity contribution in [1.82, 2.24) is 4.72 Å². The Kier molecular flexibility index (Phi) is 5.38. The van der Waals surface area contributed by atoms with Gasteiger partial charge in [-0.2, -0.15) is 0 Å². The Labute approximate surface area is 136 Å². The molecule has 0 aliphatic rings. The first-order valence-electron chi connectivity index (χ1n) is 7.23. The number of hydrogen-bond donors (Lipinski definition) is 1. The van der Waals surface area contributed by atoms with Gasteiger partial charge in [0.2, 0.25) is 10.0 Å². The van der Waals surface area contributed by atoms with Gasteiger partial charge in [-0.1, -0.05) is 18.2 Å². The molecular weight excluding hydrogens is 317 g/mol. The summed E-state index contributed by atoms with van der Waals surface area (Å²) in [5.41, 5.74) is 1.46. The highest BCUT2D eigenvalue weighted by Crippen LogP contribution is 2.18. The van der Waals surface area contributed by atoms with Crippen LogP contribution in [0.1, 0.15) is 18.1 Å². The number of methoxy groups -OCH3 is 1. The lowest BCUT2D eigenvalue weighted by molar-refractivity contribution is 0.414. The van der Waals surface area contributed by atoms with Crippen LogP contribution in [-0.4, -0.2) is 21.6 Å². The van der Waals surface area contributed by atoms with Gasteiger partial charge in [0.25, 0.3) is 0 Å². The number of halogens is 1. The highest BCUT2D eigenvalue weighted by molar-refractivity contribution is 7.89. The second-order valence-electron chi connectivity index (χ2n) is 5.49. The van der Waals surface area contributed by atoms with Crippen molar-refractivity contribution in [2.75, 3.05) is 7.11 Å². The molecule has 0 saturated heterocycles.